The second-order valence-corrected chi connectivity index (χ2v) is 4.81. The number of benzene rings is 1. The highest BCUT2D eigenvalue weighted by Gasteiger charge is 2.03. The fraction of sp³-hybridized carbons (Fsp3) is 0.533. The number of hydrogen-bond donors (Lipinski definition) is 2. The minimum absolute atomic E-state index is 0.0220. The van der Waals surface area contributed by atoms with Crippen molar-refractivity contribution in [1.82, 2.24) is 5.32 Å². The second kappa shape index (κ2) is 8.64. The van der Waals surface area contributed by atoms with Gasteiger partial charge in [0.15, 0.2) is 0 Å². The molecule has 0 fully saturated rings. The molecule has 1 rings (SSSR count). The van der Waals surface area contributed by atoms with Crippen molar-refractivity contribution >= 4 is 5.91 Å². The van der Waals surface area contributed by atoms with Crippen LogP contribution in [0.15, 0.2) is 18.2 Å². The molecule has 0 heterocycles. The topological polar surface area (TPSA) is 55.1 Å². The molecule has 1 amide bonds. The monoisotopic (exact) mass is 266 g/mol. The average molecular weight is 266 g/mol. The molecule has 3 nitrogen and oxygen atoms in total. The Bertz CT molecular complexity index is 407. The first-order chi connectivity index (χ1) is 9.13. The van der Waals surface area contributed by atoms with Gasteiger partial charge in [-0.25, -0.2) is 4.39 Å². The van der Waals surface area contributed by atoms with Crippen LogP contribution < -0.4 is 11.1 Å². The zero-order chi connectivity index (χ0) is 14.1. The lowest BCUT2D eigenvalue weighted by Gasteiger charge is -2.06. The molecule has 0 bridgehead atoms. The Hall–Kier alpha value is -1.42. The molecule has 0 aliphatic carbocycles. The van der Waals surface area contributed by atoms with Gasteiger partial charge in [-0.3, -0.25) is 4.79 Å². The molecular formula is C15H23FN2O. The van der Waals surface area contributed by atoms with E-state index in [-0.39, 0.29) is 11.7 Å². The molecule has 3 N–H and O–H groups in total. The van der Waals surface area contributed by atoms with Crippen LogP contribution in [0, 0.1) is 12.7 Å². The Morgan fingerprint density at radius 2 is 2.00 bits per heavy atom. The van der Waals surface area contributed by atoms with Gasteiger partial charge in [-0.05, 0) is 43.5 Å². The van der Waals surface area contributed by atoms with Gasteiger partial charge in [-0.15, -0.1) is 0 Å². The van der Waals surface area contributed by atoms with E-state index in [2.05, 4.69) is 5.32 Å². The highest BCUT2D eigenvalue weighted by Crippen LogP contribution is 2.09. The standard InChI is InChI=1S/C15H23FN2O/c1-12-7-8-13(10-14(12)16)11-18-15(19)6-4-2-3-5-9-17/h7-8,10H,2-6,9,11,17H2,1H3,(H,18,19). The average Bonchev–Trinajstić information content (AvgIpc) is 2.40. The Kier molecular flexibility index (Phi) is 7.11. The molecule has 0 radical (unpaired) electrons. The fourth-order valence-electron chi connectivity index (χ4n) is 1.82. The molecule has 0 unspecified atom stereocenters. The van der Waals surface area contributed by atoms with Gasteiger partial charge in [0.25, 0.3) is 0 Å². The number of unbranched alkanes of at least 4 members (excludes halogenated alkanes) is 3. The van der Waals surface area contributed by atoms with Gasteiger partial charge in [0.2, 0.25) is 5.91 Å². The molecule has 4 heteroatoms. The third-order valence-corrected chi connectivity index (χ3v) is 3.08. The van der Waals surface area contributed by atoms with Gasteiger partial charge in [-0.2, -0.15) is 0 Å². The zero-order valence-electron chi connectivity index (χ0n) is 11.5. The van der Waals surface area contributed by atoms with Crippen LogP contribution in [0.3, 0.4) is 0 Å². The lowest BCUT2D eigenvalue weighted by molar-refractivity contribution is -0.121. The van der Waals surface area contributed by atoms with Crippen LogP contribution in [0.1, 0.15) is 43.2 Å². The molecule has 1 aromatic rings. The normalized spacial score (nSPS) is 10.5. The molecule has 0 saturated heterocycles. The van der Waals surface area contributed by atoms with Gasteiger partial charge in [-0.1, -0.05) is 25.0 Å². The van der Waals surface area contributed by atoms with Crippen LogP contribution in [0.25, 0.3) is 0 Å². The van der Waals surface area contributed by atoms with Crippen molar-refractivity contribution in [3.8, 4) is 0 Å². The van der Waals surface area contributed by atoms with E-state index in [9.17, 15) is 9.18 Å². The highest BCUT2D eigenvalue weighted by molar-refractivity contribution is 5.75. The Morgan fingerprint density at radius 1 is 1.26 bits per heavy atom. The summed E-state index contributed by atoms with van der Waals surface area (Å²) in [6.07, 6.45) is 4.54. The van der Waals surface area contributed by atoms with Crippen LogP contribution in [-0.4, -0.2) is 12.5 Å². The fourth-order valence-corrected chi connectivity index (χ4v) is 1.82. The summed E-state index contributed by atoms with van der Waals surface area (Å²) in [4.78, 5) is 11.6. The molecular weight excluding hydrogens is 243 g/mol. The van der Waals surface area contributed by atoms with Gasteiger partial charge in [0.05, 0.1) is 0 Å². The van der Waals surface area contributed by atoms with Crippen LogP contribution in [0.5, 0.6) is 0 Å². The highest BCUT2D eigenvalue weighted by atomic mass is 19.1. The van der Waals surface area contributed by atoms with Crippen molar-refractivity contribution in [3.63, 3.8) is 0 Å². The summed E-state index contributed by atoms with van der Waals surface area (Å²) in [5, 5.41) is 2.81. The van der Waals surface area contributed by atoms with E-state index in [1.807, 2.05) is 6.07 Å². The van der Waals surface area contributed by atoms with Crippen LogP contribution in [0.2, 0.25) is 0 Å². The predicted molar refractivity (Wildman–Crippen MR) is 75.1 cm³/mol. The van der Waals surface area contributed by atoms with Crippen LogP contribution in [0.4, 0.5) is 4.39 Å². The van der Waals surface area contributed by atoms with E-state index in [1.54, 1.807) is 13.0 Å². The number of amides is 1. The van der Waals surface area contributed by atoms with E-state index in [4.69, 9.17) is 5.73 Å². The number of nitrogens with two attached hydrogens (primary N) is 1. The molecule has 0 aromatic heterocycles. The first kappa shape index (κ1) is 15.6. The second-order valence-electron chi connectivity index (χ2n) is 4.81. The summed E-state index contributed by atoms with van der Waals surface area (Å²) in [6.45, 7) is 2.82. The third kappa shape index (κ3) is 6.34. The number of carbonyl (C=O) groups excluding carboxylic acids is 1. The van der Waals surface area contributed by atoms with Gasteiger partial charge < -0.3 is 11.1 Å². The maximum absolute atomic E-state index is 13.3. The van der Waals surface area contributed by atoms with Crippen molar-refractivity contribution in [2.24, 2.45) is 5.73 Å². The van der Waals surface area contributed by atoms with E-state index >= 15 is 0 Å². The van der Waals surface area contributed by atoms with E-state index in [1.165, 1.54) is 6.07 Å². The number of carbonyl (C=O) groups is 1. The van der Waals surface area contributed by atoms with Crippen molar-refractivity contribution in [1.29, 1.82) is 0 Å². The van der Waals surface area contributed by atoms with Crippen molar-refractivity contribution in [2.75, 3.05) is 6.54 Å². The first-order valence-corrected chi connectivity index (χ1v) is 6.85. The van der Waals surface area contributed by atoms with Crippen molar-refractivity contribution in [2.45, 2.75) is 45.6 Å². The Morgan fingerprint density at radius 3 is 2.68 bits per heavy atom. The minimum Gasteiger partial charge on any atom is -0.352 e. The Labute approximate surface area is 114 Å². The summed E-state index contributed by atoms with van der Waals surface area (Å²) in [5.41, 5.74) is 6.81. The molecule has 0 saturated carbocycles. The summed E-state index contributed by atoms with van der Waals surface area (Å²) >= 11 is 0. The lowest BCUT2D eigenvalue weighted by Crippen LogP contribution is -2.22. The van der Waals surface area contributed by atoms with Crippen molar-refractivity contribution in [3.05, 3.63) is 35.1 Å². The SMILES string of the molecule is Cc1ccc(CNC(=O)CCCCCCN)cc1F. The molecule has 106 valence electrons. The van der Waals surface area contributed by atoms with Crippen LogP contribution >= 0.6 is 0 Å². The summed E-state index contributed by atoms with van der Waals surface area (Å²) in [6, 6.07) is 5.03. The molecule has 19 heavy (non-hydrogen) atoms. The van der Waals surface area contributed by atoms with Gasteiger partial charge in [0, 0.05) is 13.0 Å². The van der Waals surface area contributed by atoms with Crippen LogP contribution in [-0.2, 0) is 11.3 Å². The van der Waals surface area contributed by atoms with Crippen molar-refractivity contribution < 1.29 is 9.18 Å². The number of halogens is 1. The number of nitrogens with one attached hydrogen (secondary N) is 1. The number of rotatable bonds is 8. The molecule has 0 spiro atoms. The lowest BCUT2D eigenvalue weighted by atomic mass is 10.1. The Balaban J connectivity index is 2.20. The number of aryl methyl sites for hydroxylation is 1. The molecule has 0 aliphatic rings. The quantitative estimate of drug-likeness (QED) is 0.711. The zero-order valence-corrected chi connectivity index (χ0v) is 11.5. The summed E-state index contributed by atoms with van der Waals surface area (Å²) in [7, 11) is 0. The first-order valence-electron chi connectivity index (χ1n) is 6.85. The smallest absolute Gasteiger partial charge is 0.220 e. The molecule has 0 aliphatic heterocycles. The maximum atomic E-state index is 13.3. The van der Waals surface area contributed by atoms with Gasteiger partial charge >= 0.3 is 0 Å². The third-order valence-electron chi connectivity index (χ3n) is 3.08. The molecule has 0 atom stereocenters. The van der Waals surface area contributed by atoms with Gasteiger partial charge in [0.1, 0.15) is 5.82 Å². The predicted octanol–water partition coefficient (Wildman–Crippen LogP) is 2.66. The van der Waals surface area contributed by atoms with E-state index < -0.39 is 0 Å². The summed E-state index contributed by atoms with van der Waals surface area (Å²) in [5.74, 6) is -0.206. The number of hydrogen-bond acceptors (Lipinski definition) is 2. The maximum Gasteiger partial charge on any atom is 0.220 e. The van der Waals surface area contributed by atoms with E-state index in [0.29, 0.717) is 25.1 Å². The summed E-state index contributed by atoms with van der Waals surface area (Å²) < 4.78 is 13.3. The minimum atomic E-state index is -0.228. The molecule has 1 aromatic carbocycles. The van der Waals surface area contributed by atoms with E-state index in [0.717, 1.165) is 31.2 Å². The largest absolute Gasteiger partial charge is 0.352 e.